The van der Waals surface area contributed by atoms with Gasteiger partial charge in [0.2, 0.25) is 5.91 Å². The molecule has 1 atom stereocenters. The van der Waals surface area contributed by atoms with Gasteiger partial charge < -0.3 is 10.1 Å². The SMILES string of the molecule is CC(C)OCCC(=O)N[C@H](C#N)c1cccc(Br)c1. The smallest absolute Gasteiger partial charge is 0.223 e. The van der Waals surface area contributed by atoms with E-state index in [4.69, 9.17) is 10.00 Å². The monoisotopic (exact) mass is 324 g/mol. The molecule has 0 heterocycles. The summed E-state index contributed by atoms with van der Waals surface area (Å²) in [5.74, 6) is -0.188. The van der Waals surface area contributed by atoms with Gasteiger partial charge >= 0.3 is 0 Å². The normalized spacial score (nSPS) is 11.9. The van der Waals surface area contributed by atoms with Crippen LogP contribution in [0.5, 0.6) is 0 Å². The number of amides is 1. The van der Waals surface area contributed by atoms with Gasteiger partial charge in [0.05, 0.1) is 25.2 Å². The second-order valence-electron chi connectivity index (χ2n) is 4.35. The lowest BCUT2D eigenvalue weighted by molar-refractivity contribution is -0.122. The van der Waals surface area contributed by atoms with Crippen LogP contribution in [0.2, 0.25) is 0 Å². The average molecular weight is 325 g/mol. The molecular formula is C14H17BrN2O2. The molecule has 102 valence electrons. The molecule has 0 aliphatic heterocycles. The molecule has 0 unspecified atom stereocenters. The van der Waals surface area contributed by atoms with Crippen molar-refractivity contribution in [3.63, 3.8) is 0 Å². The van der Waals surface area contributed by atoms with Crippen LogP contribution in [0.4, 0.5) is 0 Å². The molecule has 1 aromatic rings. The first-order valence-electron chi connectivity index (χ1n) is 6.09. The van der Waals surface area contributed by atoms with Crippen LogP contribution in [0.3, 0.4) is 0 Å². The van der Waals surface area contributed by atoms with Crippen LogP contribution in [0, 0.1) is 11.3 Å². The number of hydrogen-bond donors (Lipinski definition) is 1. The molecule has 1 amide bonds. The van der Waals surface area contributed by atoms with Gasteiger partial charge in [0.1, 0.15) is 6.04 Å². The molecule has 0 fully saturated rings. The van der Waals surface area contributed by atoms with E-state index in [-0.39, 0.29) is 18.4 Å². The van der Waals surface area contributed by atoms with Gasteiger partial charge in [0.25, 0.3) is 0 Å². The molecule has 1 N–H and O–H groups in total. The van der Waals surface area contributed by atoms with Gasteiger partial charge in [-0.2, -0.15) is 5.26 Å². The summed E-state index contributed by atoms with van der Waals surface area (Å²) < 4.78 is 6.18. The maximum absolute atomic E-state index is 11.7. The lowest BCUT2D eigenvalue weighted by Gasteiger charge is -2.13. The molecule has 1 rings (SSSR count). The fraction of sp³-hybridized carbons (Fsp3) is 0.429. The Labute approximate surface area is 121 Å². The Bertz CT molecular complexity index is 469. The Morgan fingerprint density at radius 2 is 2.26 bits per heavy atom. The molecular weight excluding hydrogens is 308 g/mol. The molecule has 0 saturated heterocycles. The molecule has 0 spiro atoms. The number of carbonyl (C=O) groups excluding carboxylic acids is 1. The summed E-state index contributed by atoms with van der Waals surface area (Å²) in [6.45, 7) is 4.19. The van der Waals surface area contributed by atoms with Gasteiger partial charge in [-0.3, -0.25) is 4.79 Å². The highest BCUT2D eigenvalue weighted by Gasteiger charge is 2.13. The number of benzene rings is 1. The van der Waals surface area contributed by atoms with E-state index in [0.717, 1.165) is 10.0 Å². The highest BCUT2D eigenvalue weighted by molar-refractivity contribution is 9.10. The lowest BCUT2D eigenvalue weighted by Crippen LogP contribution is -2.28. The quantitative estimate of drug-likeness (QED) is 0.875. The van der Waals surface area contributed by atoms with E-state index in [0.29, 0.717) is 6.61 Å². The van der Waals surface area contributed by atoms with E-state index < -0.39 is 6.04 Å². The Balaban J connectivity index is 2.53. The number of nitrogens with one attached hydrogen (secondary N) is 1. The van der Waals surface area contributed by atoms with E-state index in [1.807, 2.05) is 38.1 Å². The maximum atomic E-state index is 11.7. The summed E-state index contributed by atoms with van der Waals surface area (Å²) in [6, 6.07) is 8.78. The Morgan fingerprint density at radius 3 is 2.84 bits per heavy atom. The summed E-state index contributed by atoms with van der Waals surface area (Å²) in [4.78, 5) is 11.7. The number of ether oxygens (including phenoxy) is 1. The van der Waals surface area contributed by atoms with E-state index in [1.165, 1.54) is 0 Å². The number of nitrogens with zero attached hydrogens (tertiary/aromatic N) is 1. The molecule has 0 aromatic heterocycles. The van der Waals surface area contributed by atoms with Crippen LogP contribution in [0.1, 0.15) is 31.9 Å². The van der Waals surface area contributed by atoms with Crippen LogP contribution in [0.15, 0.2) is 28.7 Å². The summed E-state index contributed by atoms with van der Waals surface area (Å²) in [5, 5.41) is 11.8. The van der Waals surface area contributed by atoms with E-state index in [9.17, 15) is 4.79 Å². The first-order chi connectivity index (χ1) is 9.02. The number of halogens is 1. The van der Waals surface area contributed by atoms with Gasteiger partial charge in [0.15, 0.2) is 0 Å². The van der Waals surface area contributed by atoms with E-state index >= 15 is 0 Å². The number of hydrogen-bond acceptors (Lipinski definition) is 3. The molecule has 5 heteroatoms. The predicted octanol–water partition coefficient (Wildman–Crippen LogP) is 2.95. The topological polar surface area (TPSA) is 62.1 Å². The van der Waals surface area contributed by atoms with E-state index in [1.54, 1.807) is 0 Å². The molecule has 0 bridgehead atoms. The van der Waals surface area contributed by atoms with Gasteiger partial charge in [-0.15, -0.1) is 0 Å². The van der Waals surface area contributed by atoms with Crippen molar-refractivity contribution < 1.29 is 9.53 Å². The third kappa shape index (κ3) is 5.86. The molecule has 0 radical (unpaired) electrons. The third-order valence-corrected chi connectivity index (χ3v) is 2.89. The highest BCUT2D eigenvalue weighted by Crippen LogP contribution is 2.17. The largest absolute Gasteiger partial charge is 0.378 e. The van der Waals surface area contributed by atoms with Crippen LogP contribution in [-0.2, 0) is 9.53 Å². The van der Waals surface area contributed by atoms with Crippen molar-refractivity contribution >= 4 is 21.8 Å². The zero-order valence-corrected chi connectivity index (χ0v) is 12.6. The summed E-state index contributed by atoms with van der Waals surface area (Å²) in [7, 11) is 0. The molecule has 4 nitrogen and oxygen atoms in total. The number of rotatable bonds is 6. The summed E-state index contributed by atoms with van der Waals surface area (Å²) >= 11 is 3.34. The fourth-order valence-corrected chi connectivity index (χ4v) is 1.91. The van der Waals surface area contributed by atoms with Crippen molar-refractivity contribution in [3.05, 3.63) is 34.3 Å². The summed E-state index contributed by atoms with van der Waals surface area (Å²) in [6.07, 6.45) is 0.356. The van der Waals surface area contributed by atoms with Crippen molar-refractivity contribution in [1.82, 2.24) is 5.32 Å². The molecule has 0 aliphatic carbocycles. The van der Waals surface area contributed by atoms with Crippen molar-refractivity contribution in [2.24, 2.45) is 0 Å². The molecule has 0 saturated carbocycles. The van der Waals surface area contributed by atoms with Gasteiger partial charge in [-0.1, -0.05) is 28.1 Å². The molecule has 1 aromatic carbocycles. The van der Waals surface area contributed by atoms with Crippen LogP contribution in [-0.4, -0.2) is 18.6 Å². The second kappa shape index (κ2) is 7.93. The molecule has 0 aliphatic rings. The zero-order valence-electron chi connectivity index (χ0n) is 11.0. The van der Waals surface area contributed by atoms with Crippen LogP contribution >= 0.6 is 15.9 Å². The van der Waals surface area contributed by atoms with Crippen LogP contribution in [0.25, 0.3) is 0 Å². The highest BCUT2D eigenvalue weighted by atomic mass is 79.9. The average Bonchev–Trinajstić information content (AvgIpc) is 2.35. The minimum atomic E-state index is -0.635. The van der Waals surface area contributed by atoms with Gasteiger partial charge in [0, 0.05) is 4.47 Å². The minimum Gasteiger partial charge on any atom is -0.378 e. The van der Waals surface area contributed by atoms with Crippen molar-refractivity contribution in [2.45, 2.75) is 32.4 Å². The third-order valence-electron chi connectivity index (χ3n) is 2.40. The van der Waals surface area contributed by atoms with Crippen molar-refractivity contribution in [3.8, 4) is 6.07 Å². The predicted molar refractivity (Wildman–Crippen MR) is 76.3 cm³/mol. The van der Waals surface area contributed by atoms with Crippen molar-refractivity contribution in [1.29, 1.82) is 5.26 Å². The standard InChI is InChI=1S/C14H17BrN2O2/c1-10(2)19-7-6-14(18)17-13(9-16)11-4-3-5-12(15)8-11/h3-5,8,10,13H,6-7H2,1-2H3,(H,17,18)/t13-/m1/s1. The van der Waals surface area contributed by atoms with Crippen LogP contribution < -0.4 is 5.32 Å². The Hall–Kier alpha value is -1.38. The zero-order chi connectivity index (χ0) is 14.3. The molecule has 19 heavy (non-hydrogen) atoms. The summed E-state index contributed by atoms with van der Waals surface area (Å²) in [5.41, 5.74) is 0.759. The second-order valence-corrected chi connectivity index (χ2v) is 5.27. The fourth-order valence-electron chi connectivity index (χ4n) is 1.50. The maximum Gasteiger partial charge on any atom is 0.223 e. The minimum absolute atomic E-state index is 0.102. The first kappa shape index (κ1) is 15.7. The first-order valence-corrected chi connectivity index (χ1v) is 6.88. The Kier molecular flexibility index (Phi) is 6.54. The van der Waals surface area contributed by atoms with Gasteiger partial charge in [-0.05, 0) is 31.5 Å². The van der Waals surface area contributed by atoms with Gasteiger partial charge in [-0.25, -0.2) is 0 Å². The van der Waals surface area contributed by atoms with E-state index in [2.05, 4.69) is 27.3 Å². The lowest BCUT2D eigenvalue weighted by atomic mass is 10.1. The number of nitriles is 1. The Morgan fingerprint density at radius 1 is 1.53 bits per heavy atom. The number of carbonyl (C=O) groups is 1. The van der Waals surface area contributed by atoms with Crippen molar-refractivity contribution in [2.75, 3.05) is 6.61 Å².